The third kappa shape index (κ3) is 2.99. The van der Waals surface area contributed by atoms with Gasteiger partial charge in [0.2, 0.25) is 0 Å². The van der Waals surface area contributed by atoms with Crippen LogP contribution in [0.4, 0.5) is 0 Å². The number of rotatable bonds is 4. The van der Waals surface area contributed by atoms with E-state index in [4.69, 9.17) is 0 Å². The van der Waals surface area contributed by atoms with Gasteiger partial charge in [-0.1, -0.05) is 0 Å². The molecule has 3 heteroatoms. The zero-order valence-electron chi connectivity index (χ0n) is 7.05. The zero-order valence-corrected chi connectivity index (χ0v) is 7.87. The summed E-state index contributed by atoms with van der Waals surface area (Å²) >= 11 is 1.76. The molecule has 1 aromatic rings. The molecule has 0 aromatic carbocycles. The van der Waals surface area contributed by atoms with E-state index in [1.807, 2.05) is 14.0 Å². The summed E-state index contributed by atoms with van der Waals surface area (Å²) in [5.41, 5.74) is 1.15. The molecule has 0 saturated heterocycles. The van der Waals surface area contributed by atoms with Gasteiger partial charge in [-0.15, -0.1) is 11.3 Å². The zero-order chi connectivity index (χ0) is 8.10. The Labute approximate surface area is 71.7 Å². The average molecular weight is 170 g/mol. The van der Waals surface area contributed by atoms with E-state index in [9.17, 15) is 0 Å². The molecule has 0 saturated carbocycles. The number of aromatic nitrogens is 1. The summed E-state index contributed by atoms with van der Waals surface area (Å²) in [7, 11) is 1.98. The number of hydrogen-bond donors (Lipinski definition) is 1. The molecular formula is C8H14N2S. The maximum Gasteiger partial charge on any atom is 0.0928 e. The van der Waals surface area contributed by atoms with Crippen LogP contribution in [0.15, 0.2) is 5.38 Å². The standard InChI is InChI=1S/C8H14N2S/c1-7-6-11-8(10-7)4-3-5-9-2/h6,9H,3-5H2,1-2H3. The van der Waals surface area contributed by atoms with E-state index in [2.05, 4.69) is 15.7 Å². The van der Waals surface area contributed by atoms with Gasteiger partial charge in [0.15, 0.2) is 0 Å². The molecule has 1 heterocycles. The molecule has 0 fully saturated rings. The highest BCUT2D eigenvalue weighted by Crippen LogP contribution is 2.09. The fourth-order valence-corrected chi connectivity index (χ4v) is 1.75. The lowest BCUT2D eigenvalue weighted by atomic mass is 10.3. The van der Waals surface area contributed by atoms with E-state index in [1.165, 1.54) is 11.4 Å². The minimum Gasteiger partial charge on any atom is -0.320 e. The molecule has 0 atom stereocenters. The van der Waals surface area contributed by atoms with Gasteiger partial charge >= 0.3 is 0 Å². The summed E-state index contributed by atoms with van der Waals surface area (Å²) in [6.45, 7) is 3.12. The Balaban J connectivity index is 2.27. The van der Waals surface area contributed by atoms with Gasteiger partial charge in [0, 0.05) is 17.5 Å². The third-order valence-electron chi connectivity index (χ3n) is 1.48. The minimum atomic E-state index is 1.08. The molecule has 0 bridgehead atoms. The summed E-state index contributed by atoms with van der Waals surface area (Å²) in [5, 5.41) is 6.49. The number of nitrogens with one attached hydrogen (secondary N) is 1. The molecule has 0 aliphatic carbocycles. The van der Waals surface area contributed by atoms with Gasteiger partial charge < -0.3 is 5.32 Å². The van der Waals surface area contributed by atoms with Crippen molar-refractivity contribution in [2.45, 2.75) is 19.8 Å². The quantitative estimate of drug-likeness (QED) is 0.694. The van der Waals surface area contributed by atoms with Crippen LogP contribution in [0.3, 0.4) is 0 Å². The first kappa shape index (κ1) is 8.68. The van der Waals surface area contributed by atoms with Crippen molar-refractivity contribution >= 4 is 11.3 Å². The van der Waals surface area contributed by atoms with Crippen LogP contribution in [0.2, 0.25) is 0 Å². The van der Waals surface area contributed by atoms with Crippen molar-refractivity contribution in [1.29, 1.82) is 0 Å². The molecule has 0 aliphatic heterocycles. The maximum atomic E-state index is 4.37. The second-order valence-electron chi connectivity index (χ2n) is 2.59. The smallest absolute Gasteiger partial charge is 0.0928 e. The third-order valence-corrected chi connectivity index (χ3v) is 2.51. The van der Waals surface area contributed by atoms with Crippen LogP contribution in [-0.4, -0.2) is 18.6 Å². The SMILES string of the molecule is CNCCCc1nc(C)cs1. The highest BCUT2D eigenvalue weighted by Gasteiger charge is 1.96. The maximum absolute atomic E-state index is 4.37. The van der Waals surface area contributed by atoms with Crippen LogP contribution >= 0.6 is 11.3 Å². The van der Waals surface area contributed by atoms with Crippen LogP contribution in [0.25, 0.3) is 0 Å². The van der Waals surface area contributed by atoms with Crippen LogP contribution in [0.1, 0.15) is 17.1 Å². The van der Waals surface area contributed by atoms with Gasteiger partial charge in [0.1, 0.15) is 0 Å². The summed E-state index contributed by atoms with van der Waals surface area (Å²) in [6.07, 6.45) is 2.29. The fraction of sp³-hybridized carbons (Fsp3) is 0.625. The molecule has 0 radical (unpaired) electrons. The number of hydrogen-bond acceptors (Lipinski definition) is 3. The van der Waals surface area contributed by atoms with Gasteiger partial charge in [-0.25, -0.2) is 4.98 Å². The topological polar surface area (TPSA) is 24.9 Å². The van der Waals surface area contributed by atoms with E-state index < -0.39 is 0 Å². The molecule has 1 aromatic heterocycles. The lowest BCUT2D eigenvalue weighted by Crippen LogP contribution is -2.08. The molecule has 0 spiro atoms. The normalized spacial score (nSPS) is 10.4. The van der Waals surface area contributed by atoms with Gasteiger partial charge in [-0.2, -0.15) is 0 Å². The molecule has 62 valence electrons. The van der Waals surface area contributed by atoms with Crippen LogP contribution < -0.4 is 5.32 Å². The van der Waals surface area contributed by atoms with Crippen molar-refractivity contribution in [2.75, 3.05) is 13.6 Å². The van der Waals surface area contributed by atoms with Crippen molar-refractivity contribution in [3.63, 3.8) is 0 Å². The first-order chi connectivity index (χ1) is 5.33. The highest BCUT2D eigenvalue weighted by molar-refractivity contribution is 7.09. The van der Waals surface area contributed by atoms with Crippen molar-refractivity contribution < 1.29 is 0 Å². The van der Waals surface area contributed by atoms with E-state index in [-0.39, 0.29) is 0 Å². The molecule has 0 aliphatic rings. The van der Waals surface area contributed by atoms with Gasteiger partial charge in [-0.3, -0.25) is 0 Å². The largest absolute Gasteiger partial charge is 0.320 e. The summed E-state index contributed by atoms with van der Waals surface area (Å²) in [4.78, 5) is 4.37. The minimum absolute atomic E-state index is 1.08. The van der Waals surface area contributed by atoms with E-state index in [0.29, 0.717) is 0 Å². The summed E-state index contributed by atoms with van der Waals surface area (Å²) < 4.78 is 0. The number of aryl methyl sites for hydroxylation is 2. The van der Waals surface area contributed by atoms with Gasteiger partial charge in [-0.05, 0) is 26.9 Å². The van der Waals surface area contributed by atoms with E-state index in [1.54, 1.807) is 11.3 Å². The molecule has 2 nitrogen and oxygen atoms in total. The van der Waals surface area contributed by atoms with Gasteiger partial charge in [0.05, 0.1) is 5.01 Å². The number of nitrogens with zero attached hydrogens (tertiary/aromatic N) is 1. The second kappa shape index (κ2) is 4.46. The lowest BCUT2D eigenvalue weighted by Gasteiger charge is -1.94. The Morgan fingerprint density at radius 1 is 1.64 bits per heavy atom. The Morgan fingerprint density at radius 2 is 2.45 bits per heavy atom. The summed E-state index contributed by atoms with van der Waals surface area (Å²) in [5.74, 6) is 0. The fourth-order valence-electron chi connectivity index (χ4n) is 0.934. The first-order valence-electron chi connectivity index (χ1n) is 3.88. The Kier molecular flexibility index (Phi) is 3.52. The van der Waals surface area contributed by atoms with E-state index >= 15 is 0 Å². The first-order valence-corrected chi connectivity index (χ1v) is 4.76. The van der Waals surface area contributed by atoms with E-state index in [0.717, 1.165) is 18.7 Å². The Hall–Kier alpha value is -0.410. The predicted molar refractivity (Wildman–Crippen MR) is 49.1 cm³/mol. The monoisotopic (exact) mass is 170 g/mol. The molecular weight excluding hydrogens is 156 g/mol. The highest BCUT2D eigenvalue weighted by atomic mass is 32.1. The van der Waals surface area contributed by atoms with Crippen LogP contribution in [0.5, 0.6) is 0 Å². The molecule has 1 N–H and O–H groups in total. The Bertz CT molecular complexity index is 208. The summed E-state index contributed by atoms with van der Waals surface area (Å²) in [6, 6.07) is 0. The van der Waals surface area contributed by atoms with Crippen LogP contribution in [0, 0.1) is 6.92 Å². The second-order valence-corrected chi connectivity index (χ2v) is 3.53. The molecule has 0 amide bonds. The average Bonchev–Trinajstić information content (AvgIpc) is 2.37. The lowest BCUT2D eigenvalue weighted by molar-refractivity contribution is 0.721. The van der Waals surface area contributed by atoms with Crippen molar-refractivity contribution in [3.05, 3.63) is 16.1 Å². The van der Waals surface area contributed by atoms with Crippen molar-refractivity contribution in [1.82, 2.24) is 10.3 Å². The van der Waals surface area contributed by atoms with Crippen LogP contribution in [-0.2, 0) is 6.42 Å². The predicted octanol–water partition coefficient (Wildman–Crippen LogP) is 1.60. The Morgan fingerprint density at radius 3 is 3.00 bits per heavy atom. The molecule has 0 unspecified atom stereocenters. The molecule has 1 rings (SSSR count). The van der Waals surface area contributed by atoms with Gasteiger partial charge in [0.25, 0.3) is 0 Å². The van der Waals surface area contributed by atoms with Crippen molar-refractivity contribution in [2.24, 2.45) is 0 Å². The van der Waals surface area contributed by atoms with Crippen molar-refractivity contribution in [3.8, 4) is 0 Å². The number of thiazole rings is 1. The molecule has 11 heavy (non-hydrogen) atoms.